The van der Waals surface area contributed by atoms with Crippen LogP contribution in [0.1, 0.15) is 39.5 Å². The molecule has 0 aliphatic heterocycles. The summed E-state index contributed by atoms with van der Waals surface area (Å²) in [6.07, 6.45) is 0. The molecule has 0 saturated carbocycles. The van der Waals surface area contributed by atoms with Crippen molar-refractivity contribution in [3.05, 3.63) is 94.5 Å². The van der Waals surface area contributed by atoms with Crippen LogP contribution in [0.5, 0.6) is 0 Å². The van der Waals surface area contributed by atoms with Crippen molar-refractivity contribution in [1.29, 1.82) is 21.0 Å². The third kappa shape index (κ3) is 4.08. The molecule has 0 aromatic heterocycles. The highest BCUT2D eigenvalue weighted by Crippen LogP contribution is 2.28. The minimum Gasteiger partial charge on any atom is -0.294 e. The molecule has 0 N–H and O–H groups in total. The maximum Gasteiger partial charge on any atom is 0.161 e. The van der Waals surface area contributed by atoms with Gasteiger partial charge < -0.3 is 0 Å². The topological polar surface area (TPSA) is 112 Å². The third-order valence-electron chi connectivity index (χ3n) is 4.76. The Bertz CT molecular complexity index is 1350. The maximum absolute atomic E-state index is 11.9. The van der Waals surface area contributed by atoms with E-state index in [-0.39, 0.29) is 28.0 Å². The molecule has 0 amide bonds. The van der Waals surface area contributed by atoms with Crippen LogP contribution in [-0.4, -0.2) is 5.78 Å². The van der Waals surface area contributed by atoms with Crippen molar-refractivity contribution in [1.82, 2.24) is 0 Å². The zero-order valence-corrected chi connectivity index (χ0v) is 16.5. The van der Waals surface area contributed by atoms with E-state index < -0.39 is 0 Å². The molecule has 5 nitrogen and oxygen atoms in total. The second-order valence-corrected chi connectivity index (χ2v) is 6.64. The van der Waals surface area contributed by atoms with E-state index in [2.05, 4.69) is 6.07 Å². The molecule has 0 fully saturated rings. The number of ketones is 1. The Kier molecular flexibility index (Phi) is 6.04. The molecule has 0 spiro atoms. The molecule has 0 radical (unpaired) electrons. The Labute approximate surface area is 179 Å². The van der Waals surface area contributed by atoms with Gasteiger partial charge >= 0.3 is 0 Å². The highest BCUT2D eigenvalue weighted by atomic mass is 16.1. The number of Topliss-reactive ketones (excluding diaryl/α,β-unsaturated/α-hetero) is 1. The first kappa shape index (κ1) is 20.8. The van der Waals surface area contributed by atoms with Gasteiger partial charge in [-0.15, -0.1) is 0 Å². The standard InChI is InChI=1S/C16H12O.C10H2N4/c1-11(17)16-14-8-4-2-6-12(14)10-13-7-3-5-9-15(13)16;11-3-7-1-8(4-12)10(6-14)2-9(7)5-13/h2-10H,1H3;1-2H. The van der Waals surface area contributed by atoms with Gasteiger partial charge in [0.15, 0.2) is 5.78 Å². The number of hydrogen-bond acceptors (Lipinski definition) is 5. The first-order valence-electron chi connectivity index (χ1n) is 9.24. The van der Waals surface area contributed by atoms with Crippen molar-refractivity contribution >= 4 is 27.3 Å². The summed E-state index contributed by atoms with van der Waals surface area (Å²) in [5.41, 5.74) is 1.29. The Morgan fingerprint density at radius 2 is 0.968 bits per heavy atom. The van der Waals surface area contributed by atoms with Gasteiger partial charge in [-0.05, 0) is 46.7 Å². The number of carbonyl (C=O) groups excluding carboxylic acids is 1. The highest BCUT2D eigenvalue weighted by Gasteiger charge is 2.10. The molecule has 4 rings (SSSR count). The Morgan fingerprint density at radius 1 is 0.613 bits per heavy atom. The quantitative estimate of drug-likeness (QED) is 0.316. The van der Waals surface area contributed by atoms with Gasteiger partial charge in [-0.25, -0.2) is 0 Å². The van der Waals surface area contributed by atoms with Crippen molar-refractivity contribution in [2.24, 2.45) is 0 Å². The fourth-order valence-corrected chi connectivity index (χ4v) is 3.36. The molecular weight excluding hydrogens is 384 g/mol. The second kappa shape index (κ2) is 9.02. The Hall–Kier alpha value is -4.97. The van der Waals surface area contributed by atoms with Gasteiger partial charge in [-0.1, -0.05) is 48.5 Å². The number of benzene rings is 4. The van der Waals surface area contributed by atoms with Gasteiger partial charge in [0, 0.05) is 5.56 Å². The van der Waals surface area contributed by atoms with E-state index in [4.69, 9.17) is 21.0 Å². The summed E-state index contributed by atoms with van der Waals surface area (Å²) in [7, 11) is 0. The summed E-state index contributed by atoms with van der Waals surface area (Å²) in [5.74, 6) is 0.123. The molecule has 0 heterocycles. The van der Waals surface area contributed by atoms with Crippen molar-refractivity contribution in [3.8, 4) is 24.3 Å². The van der Waals surface area contributed by atoms with E-state index in [9.17, 15) is 4.79 Å². The van der Waals surface area contributed by atoms with Gasteiger partial charge in [-0.3, -0.25) is 4.79 Å². The normalized spacial score (nSPS) is 9.45. The Balaban J connectivity index is 0.000000180. The largest absolute Gasteiger partial charge is 0.294 e. The number of rotatable bonds is 1. The average molecular weight is 398 g/mol. The van der Waals surface area contributed by atoms with Crippen LogP contribution in [0.25, 0.3) is 21.5 Å². The summed E-state index contributed by atoms with van der Waals surface area (Å²) >= 11 is 0. The van der Waals surface area contributed by atoms with Crippen LogP contribution in [-0.2, 0) is 0 Å². The van der Waals surface area contributed by atoms with Crippen LogP contribution in [0.2, 0.25) is 0 Å². The molecule has 144 valence electrons. The molecule has 0 aliphatic carbocycles. The summed E-state index contributed by atoms with van der Waals surface area (Å²) in [6, 6.07) is 27.9. The van der Waals surface area contributed by atoms with Crippen LogP contribution in [0.15, 0.2) is 66.7 Å². The molecule has 4 aromatic carbocycles. The number of hydrogen-bond donors (Lipinski definition) is 0. The third-order valence-corrected chi connectivity index (χ3v) is 4.76. The van der Waals surface area contributed by atoms with E-state index in [1.54, 1.807) is 31.2 Å². The van der Waals surface area contributed by atoms with Gasteiger partial charge in [0.05, 0.1) is 22.3 Å². The molecule has 0 saturated heterocycles. The fourth-order valence-electron chi connectivity index (χ4n) is 3.36. The van der Waals surface area contributed by atoms with Gasteiger partial charge in [0.2, 0.25) is 0 Å². The summed E-state index contributed by atoms with van der Waals surface area (Å²) in [4.78, 5) is 11.9. The van der Waals surface area contributed by atoms with E-state index in [0.29, 0.717) is 0 Å². The Morgan fingerprint density at radius 3 is 1.29 bits per heavy atom. The minimum absolute atomic E-state index is 0.114. The maximum atomic E-state index is 11.9. The van der Waals surface area contributed by atoms with E-state index >= 15 is 0 Å². The van der Waals surface area contributed by atoms with Crippen LogP contribution in [0.4, 0.5) is 0 Å². The minimum atomic E-state index is 0.114. The molecule has 0 atom stereocenters. The van der Waals surface area contributed by atoms with Crippen LogP contribution < -0.4 is 0 Å². The van der Waals surface area contributed by atoms with Crippen LogP contribution >= 0.6 is 0 Å². The number of fused-ring (bicyclic) bond motifs is 2. The zero-order chi connectivity index (χ0) is 22.4. The lowest BCUT2D eigenvalue weighted by molar-refractivity contribution is 0.102. The van der Waals surface area contributed by atoms with Crippen molar-refractivity contribution in [3.63, 3.8) is 0 Å². The summed E-state index contributed by atoms with van der Waals surface area (Å²) in [6.45, 7) is 1.63. The van der Waals surface area contributed by atoms with Gasteiger partial charge in [-0.2, -0.15) is 21.0 Å². The molecule has 0 bridgehead atoms. The first-order valence-corrected chi connectivity index (χ1v) is 9.24. The van der Waals surface area contributed by atoms with E-state index in [0.717, 1.165) is 27.1 Å². The molecule has 31 heavy (non-hydrogen) atoms. The fraction of sp³-hybridized carbons (Fsp3) is 0.0385. The SMILES string of the molecule is CC(=O)c1c2ccccc2cc2ccccc12.N#Cc1cc(C#N)c(C#N)cc1C#N. The van der Waals surface area contributed by atoms with Crippen molar-refractivity contribution in [2.75, 3.05) is 0 Å². The summed E-state index contributed by atoms with van der Waals surface area (Å²) < 4.78 is 0. The van der Waals surface area contributed by atoms with Gasteiger partial charge in [0.25, 0.3) is 0 Å². The highest BCUT2D eigenvalue weighted by molar-refractivity contribution is 6.18. The second-order valence-electron chi connectivity index (χ2n) is 6.64. The van der Waals surface area contributed by atoms with Crippen molar-refractivity contribution < 1.29 is 4.79 Å². The molecule has 5 heteroatoms. The smallest absolute Gasteiger partial charge is 0.161 e. The predicted molar refractivity (Wildman–Crippen MR) is 117 cm³/mol. The van der Waals surface area contributed by atoms with Crippen LogP contribution in [0.3, 0.4) is 0 Å². The number of nitrogens with zero attached hydrogens (tertiary/aromatic N) is 4. The first-order chi connectivity index (χ1) is 15.0. The lowest BCUT2D eigenvalue weighted by Gasteiger charge is -2.08. The number of nitriles is 4. The summed E-state index contributed by atoms with van der Waals surface area (Å²) in [5, 5.41) is 38.9. The molecule has 4 aromatic rings. The average Bonchev–Trinajstić information content (AvgIpc) is 2.81. The lowest BCUT2D eigenvalue weighted by atomic mass is 9.95. The van der Waals surface area contributed by atoms with E-state index in [1.165, 1.54) is 12.1 Å². The van der Waals surface area contributed by atoms with Crippen molar-refractivity contribution in [2.45, 2.75) is 6.92 Å². The van der Waals surface area contributed by atoms with Crippen LogP contribution in [0, 0.1) is 45.3 Å². The molecular formula is C26H14N4O. The molecule has 0 aliphatic rings. The van der Waals surface area contributed by atoms with Gasteiger partial charge in [0.1, 0.15) is 24.3 Å². The number of carbonyl (C=O) groups is 1. The monoisotopic (exact) mass is 398 g/mol. The van der Waals surface area contributed by atoms with E-state index in [1.807, 2.05) is 48.5 Å². The lowest BCUT2D eigenvalue weighted by Crippen LogP contribution is -1.95. The predicted octanol–water partition coefficient (Wildman–Crippen LogP) is 5.37. The molecule has 0 unspecified atom stereocenters. The zero-order valence-electron chi connectivity index (χ0n) is 16.5.